The Bertz CT molecular complexity index is 557. The maximum Gasteiger partial charge on any atom is 0.347 e. The lowest BCUT2D eigenvalue weighted by Gasteiger charge is -2.05. The lowest BCUT2D eigenvalue weighted by Crippen LogP contribution is -2.25. The number of nitriles is 1. The van der Waals surface area contributed by atoms with Gasteiger partial charge in [0.2, 0.25) is 10.0 Å². The van der Waals surface area contributed by atoms with Gasteiger partial charge in [-0.3, -0.25) is 0 Å². The van der Waals surface area contributed by atoms with Crippen LogP contribution >= 0.6 is 11.3 Å². The summed E-state index contributed by atoms with van der Waals surface area (Å²) in [6.07, 6.45) is 1.52. The molecule has 1 heterocycles. The molecule has 0 spiro atoms. The molecule has 2 N–H and O–H groups in total. The number of carboxylic acid groups (broad SMARTS) is 1. The van der Waals surface area contributed by atoms with Crippen molar-refractivity contribution in [2.75, 3.05) is 6.54 Å². The van der Waals surface area contributed by atoms with Crippen LogP contribution in [0.3, 0.4) is 0 Å². The number of unbranched alkanes of at least 4 members (excludes halogenated alkanes) is 2. The molecule has 0 aromatic carbocycles. The minimum atomic E-state index is -3.78. The van der Waals surface area contributed by atoms with Gasteiger partial charge in [-0.05, 0) is 24.3 Å². The molecule has 0 unspecified atom stereocenters. The molecular formula is C10H12N2O4S2. The number of rotatable bonds is 7. The molecule has 0 saturated carbocycles. The monoisotopic (exact) mass is 288 g/mol. The highest BCUT2D eigenvalue weighted by atomic mass is 32.2. The molecular weight excluding hydrogens is 276 g/mol. The Balaban J connectivity index is 2.67. The van der Waals surface area contributed by atoms with E-state index in [1.165, 1.54) is 11.4 Å². The molecule has 0 aliphatic rings. The first-order chi connectivity index (χ1) is 8.49. The number of sulfonamides is 1. The third kappa shape index (κ3) is 3.80. The van der Waals surface area contributed by atoms with Crippen LogP contribution in [-0.2, 0) is 10.0 Å². The van der Waals surface area contributed by atoms with E-state index in [0.717, 1.165) is 11.3 Å². The minimum absolute atomic E-state index is 0.193. The van der Waals surface area contributed by atoms with Crippen LogP contribution in [0.15, 0.2) is 16.3 Å². The summed E-state index contributed by atoms with van der Waals surface area (Å²) >= 11 is 0.870. The SMILES string of the molecule is N#CCCCCNS(=O)(=O)c1ccsc1C(=O)O. The lowest BCUT2D eigenvalue weighted by molar-refractivity contribution is 0.0698. The third-order valence-electron chi connectivity index (χ3n) is 2.12. The average molecular weight is 288 g/mol. The molecule has 0 radical (unpaired) electrons. The molecule has 0 atom stereocenters. The summed E-state index contributed by atoms with van der Waals surface area (Å²) in [6, 6.07) is 3.23. The van der Waals surface area contributed by atoms with Gasteiger partial charge in [-0.2, -0.15) is 5.26 Å². The first-order valence-electron chi connectivity index (χ1n) is 5.16. The Hall–Kier alpha value is -1.43. The molecule has 0 bridgehead atoms. The highest BCUT2D eigenvalue weighted by Crippen LogP contribution is 2.21. The minimum Gasteiger partial charge on any atom is -0.477 e. The quantitative estimate of drug-likeness (QED) is 0.738. The van der Waals surface area contributed by atoms with E-state index in [0.29, 0.717) is 19.3 Å². The second kappa shape index (κ2) is 6.49. The Morgan fingerprint density at radius 2 is 2.22 bits per heavy atom. The molecule has 18 heavy (non-hydrogen) atoms. The van der Waals surface area contributed by atoms with Gasteiger partial charge in [0.1, 0.15) is 9.77 Å². The summed E-state index contributed by atoms with van der Waals surface area (Å²) in [4.78, 5) is 10.4. The Labute approximate surface area is 109 Å². The van der Waals surface area contributed by atoms with Crippen LogP contribution in [0, 0.1) is 11.3 Å². The van der Waals surface area contributed by atoms with Gasteiger partial charge >= 0.3 is 5.97 Å². The smallest absolute Gasteiger partial charge is 0.347 e. The van der Waals surface area contributed by atoms with Crippen LogP contribution in [0.5, 0.6) is 0 Å². The molecule has 1 aromatic heterocycles. The number of nitrogens with one attached hydrogen (secondary N) is 1. The number of hydrogen-bond acceptors (Lipinski definition) is 5. The molecule has 0 saturated heterocycles. The van der Waals surface area contributed by atoms with Gasteiger partial charge in [-0.25, -0.2) is 17.9 Å². The van der Waals surface area contributed by atoms with Crippen molar-refractivity contribution in [1.29, 1.82) is 5.26 Å². The Kier molecular flexibility index (Phi) is 5.27. The first-order valence-corrected chi connectivity index (χ1v) is 7.52. The summed E-state index contributed by atoms with van der Waals surface area (Å²) in [5.41, 5.74) is 0. The Morgan fingerprint density at radius 3 is 2.83 bits per heavy atom. The fourth-order valence-corrected chi connectivity index (χ4v) is 3.61. The number of thiophene rings is 1. The van der Waals surface area contributed by atoms with Crippen LogP contribution < -0.4 is 4.72 Å². The van der Waals surface area contributed by atoms with Crippen molar-refractivity contribution >= 4 is 27.3 Å². The fraction of sp³-hybridized carbons (Fsp3) is 0.400. The highest BCUT2D eigenvalue weighted by Gasteiger charge is 2.23. The van der Waals surface area contributed by atoms with Crippen molar-refractivity contribution in [3.05, 3.63) is 16.3 Å². The van der Waals surface area contributed by atoms with Crippen LogP contribution in [0.4, 0.5) is 0 Å². The molecule has 98 valence electrons. The number of carbonyl (C=O) groups is 1. The molecule has 8 heteroatoms. The third-order valence-corrected chi connectivity index (χ3v) is 4.66. The van der Waals surface area contributed by atoms with E-state index in [-0.39, 0.29) is 16.3 Å². The number of nitrogens with zero attached hydrogens (tertiary/aromatic N) is 1. The van der Waals surface area contributed by atoms with Crippen LogP contribution in [0.1, 0.15) is 28.9 Å². The second-order valence-electron chi connectivity index (χ2n) is 3.43. The molecule has 0 aliphatic heterocycles. The van der Waals surface area contributed by atoms with E-state index in [2.05, 4.69) is 4.72 Å². The van der Waals surface area contributed by atoms with Crippen molar-refractivity contribution in [3.63, 3.8) is 0 Å². The predicted octanol–water partition coefficient (Wildman–Crippen LogP) is 1.42. The molecule has 6 nitrogen and oxygen atoms in total. The number of carboxylic acids is 1. The Morgan fingerprint density at radius 1 is 1.50 bits per heavy atom. The van der Waals surface area contributed by atoms with Gasteiger partial charge in [0.25, 0.3) is 0 Å². The zero-order valence-corrected chi connectivity index (χ0v) is 11.1. The summed E-state index contributed by atoms with van der Waals surface area (Å²) in [7, 11) is -3.78. The molecule has 0 amide bonds. The first kappa shape index (κ1) is 14.6. The van der Waals surface area contributed by atoms with Crippen molar-refractivity contribution < 1.29 is 18.3 Å². The number of hydrogen-bond donors (Lipinski definition) is 2. The summed E-state index contributed by atoms with van der Waals surface area (Å²) in [5, 5.41) is 18.6. The predicted molar refractivity (Wildman–Crippen MR) is 65.9 cm³/mol. The van der Waals surface area contributed by atoms with Gasteiger partial charge in [-0.1, -0.05) is 0 Å². The second-order valence-corrected chi connectivity index (χ2v) is 6.08. The summed E-state index contributed by atoms with van der Waals surface area (Å²) < 4.78 is 26.0. The standard InChI is InChI=1S/C10H12N2O4S2/c11-5-2-1-3-6-12-18(15,16)8-4-7-17-9(8)10(13)14/h4,7,12H,1-3,6H2,(H,13,14). The zero-order valence-electron chi connectivity index (χ0n) is 9.42. The maximum atomic E-state index is 11.8. The number of aromatic carboxylic acids is 1. The molecule has 0 fully saturated rings. The summed E-state index contributed by atoms with van der Waals surface area (Å²) in [6.45, 7) is 0.193. The van der Waals surface area contributed by atoms with Crippen molar-refractivity contribution in [2.24, 2.45) is 0 Å². The average Bonchev–Trinajstić information content (AvgIpc) is 2.78. The highest BCUT2D eigenvalue weighted by molar-refractivity contribution is 7.89. The van der Waals surface area contributed by atoms with Crippen LogP contribution in [-0.4, -0.2) is 26.0 Å². The largest absolute Gasteiger partial charge is 0.477 e. The van der Waals surface area contributed by atoms with Gasteiger partial charge in [-0.15, -0.1) is 11.3 Å². The van der Waals surface area contributed by atoms with Gasteiger partial charge < -0.3 is 5.11 Å². The molecule has 0 aliphatic carbocycles. The van der Waals surface area contributed by atoms with Crippen LogP contribution in [0.25, 0.3) is 0 Å². The topological polar surface area (TPSA) is 107 Å². The normalized spacial score (nSPS) is 11.1. The van der Waals surface area contributed by atoms with E-state index in [4.69, 9.17) is 10.4 Å². The molecule has 1 aromatic rings. The van der Waals surface area contributed by atoms with Crippen molar-refractivity contribution in [1.82, 2.24) is 4.72 Å². The van der Waals surface area contributed by atoms with Crippen molar-refractivity contribution in [2.45, 2.75) is 24.2 Å². The van der Waals surface area contributed by atoms with Gasteiger partial charge in [0, 0.05) is 13.0 Å². The van der Waals surface area contributed by atoms with Gasteiger partial charge in [0.05, 0.1) is 6.07 Å². The molecule has 1 rings (SSSR count). The summed E-state index contributed by atoms with van der Waals surface area (Å²) in [5.74, 6) is -1.25. The van der Waals surface area contributed by atoms with E-state index < -0.39 is 16.0 Å². The zero-order chi connectivity index (χ0) is 13.6. The van der Waals surface area contributed by atoms with Crippen molar-refractivity contribution in [3.8, 4) is 6.07 Å². The van der Waals surface area contributed by atoms with Crippen LogP contribution in [0.2, 0.25) is 0 Å². The van der Waals surface area contributed by atoms with E-state index in [1.54, 1.807) is 0 Å². The fourth-order valence-electron chi connectivity index (χ4n) is 1.28. The maximum absolute atomic E-state index is 11.8. The van der Waals surface area contributed by atoms with Gasteiger partial charge in [0.15, 0.2) is 0 Å². The lowest BCUT2D eigenvalue weighted by atomic mass is 10.2. The van der Waals surface area contributed by atoms with E-state index in [9.17, 15) is 13.2 Å². The van der Waals surface area contributed by atoms with E-state index in [1.807, 2.05) is 6.07 Å². The van der Waals surface area contributed by atoms with E-state index >= 15 is 0 Å².